The van der Waals surface area contributed by atoms with E-state index < -0.39 is 0 Å². The Hall–Kier alpha value is -2.37. The molecule has 0 saturated carbocycles. The summed E-state index contributed by atoms with van der Waals surface area (Å²) in [7, 11) is 0. The second kappa shape index (κ2) is 5.37. The molecular weight excluding hydrogens is 312 g/mol. The van der Waals surface area contributed by atoms with Gasteiger partial charge in [-0.3, -0.25) is 9.89 Å². The van der Waals surface area contributed by atoms with Crippen molar-refractivity contribution in [2.75, 3.05) is 5.32 Å². The topological polar surface area (TPSA) is 69.8 Å². The summed E-state index contributed by atoms with van der Waals surface area (Å²) in [5.41, 5.74) is 4.53. The molecule has 0 bridgehead atoms. The fourth-order valence-corrected chi connectivity index (χ4v) is 3.23. The van der Waals surface area contributed by atoms with E-state index >= 15 is 0 Å². The van der Waals surface area contributed by atoms with Crippen molar-refractivity contribution in [1.82, 2.24) is 15.5 Å². The number of halogens is 1. The van der Waals surface area contributed by atoms with Gasteiger partial charge in [-0.2, -0.15) is 5.10 Å². The van der Waals surface area contributed by atoms with Crippen molar-refractivity contribution in [1.29, 1.82) is 0 Å². The van der Waals surface area contributed by atoms with Crippen LogP contribution in [0.2, 0.25) is 5.02 Å². The van der Waals surface area contributed by atoms with Crippen LogP contribution in [0.4, 0.5) is 5.69 Å². The van der Waals surface area contributed by atoms with E-state index in [0.29, 0.717) is 16.6 Å². The second-order valence-corrected chi connectivity index (χ2v) is 6.19. The highest BCUT2D eigenvalue weighted by molar-refractivity contribution is 6.32. The maximum absolute atomic E-state index is 12.6. The molecule has 0 unspecified atom stereocenters. The standard InChI is InChI=1S/C17H15ClN4O/c1-9-13-6-12(3-2-10(13)7-19-9)21-17(23)14-4-11(18)5-16-15(14)8-20-22-16/h2-6,8-9,19H,7H2,1H3,(H,20,22)(H,21,23)/t9-/m1/s1. The predicted octanol–water partition coefficient (Wildman–Crippen LogP) is 3.63. The summed E-state index contributed by atoms with van der Waals surface area (Å²) in [5.74, 6) is -0.197. The number of nitrogens with zero attached hydrogens (tertiary/aromatic N) is 1. The zero-order chi connectivity index (χ0) is 16.0. The van der Waals surface area contributed by atoms with Crippen LogP contribution in [0.25, 0.3) is 10.9 Å². The van der Waals surface area contributed by atoms with Gasteiger partial charge in [0.2, 0.25) is 0 Å². The minimum atomic E-state index is -0.197. The van der Waals surface area contributed by atoms with Crippen LogP contribution in [0.3, 0.4) is 0 Å². The van der Waals surface area contributed by atoms with Gasteiger partial charge in [0.1, 0.15) is 0 Å². The molecule has 4 rings (SSSR count). The van der Waals surface area contributed by atoms with Crippen LogP contribution in [0.15, 0.2) is 36.5 Å². The molecule has 23 heavy (non-hydrogen) atoms. The minimum absolute atomic E-state index is 0.197. The number of rotatable bonds is 2. The summed E-state index contributed by atoms with van der Waals surface area (Å²) in [5, 5.41) is 14.4. The van der Waals surface area contributed by atoms with Gasteiger partial charge < -0.3 is 10.6 Å². The molecular formula is C17H15ClN4O. The zero-order valence-corrected chi connectivity index (χ0v) is 13.2. The van der Waals surface area contributed by atoms with Crippen molar-refractivity contribution in [2.24, 2.45) is 0 Å². The van der Waals surface area contributed by atoms with Crippen molar-refractivity contribution >= 4 is 34.1 Å². The van der Waals surface area contributed by atoms with E-state index in [1.54, 1.807) is 18.3 Å². The highest BCUT2D eigenvalue weighted by Crippen LogP contribution is 2.28. The van der Waals surface area contributed by atoms with Crippen LogP contribution < -0.4 is 10.6 Å². The lowest BCUT2D eigenvalue weighted by Crippen LogP contribution is -2.12. The van der Waals surface area contributed by atoms with Crippen molar-refractivity contribution in [3.05, 3.63) is 58.2 Å². The number of aromatic nitrogens is 2. The van der Waals surface area contributed by atoms with Gasteiger partial charge in [-0.25, -0.2) is 0 Å². The first-order valence-electron chi connectivity index (χ1n) is 7.42. The van der Waals surface area contributed by atoms with Gasteiger partial charge in [-0.1, -0.05) is 17.7 Å². The molecule has 1 aliphatic heterocycles. The lowest BCUT2D eigenvalue weighted by molar-refractivity contribution is 0.102. The van der Waals surface area contributed by atoms with Crippen molar-refractivity contribution < 1.29 is 4.79 Å². The quantitative estimate of drug-likeness (QED) is 0.673. The third-order valence-electron chi connectivity index (χ3n) is 4.24. The van der Waals surface area contributed by atoms with E-state index in [0.717, 1.165) is 23.1 Å². The van der Waals surface area contributed by atoms with E-state index in [9.17, 15) is 4.79 Å². The fraction of sp³-hybridized carbons (Fsp3) is 0.176. The van der Waals surface area contributed by atoms with E-state index in [4.69, 9.17) is 11.6 Å². The smallest absolute Gasteiger partial charge is 0.256 e. The second-order valence-electron chi connectivity index (χ2n) is 5.75. The van der Waals surface area contributed by atoms with Crippen molar-refractivity contribution in [2.45, 2.75) is 19.5 Å². The average molecular weight is 327 g/mol. The number of amides is 1. The molecule has 0 spiro atoms. The van der Waals surface area contributed by atoms with Crippen LogP contribution in [-0.4, -0.2) is 16.1 Å². The number of nitrogens with one attached hydrogen (secondary N) is 3. The largest absolute Gasteiger partial charge is 0.322 e. The Labute approximate surface area is 138 Å². The lowest BCUT2D eigenvalue weighted by Gasteiger charge is -2.10. The summed E-state index contributed by atoms with van der Waals surface area (Å²) in [6.07, 6.45) is 1.63. The first-order chi connectivity index (χ1) is 11.1. The van der Waals surface area contributed by atoms with Crippen LogP contribution in [0.5, 0.6) is 0 Å². The summed E-state index contributed by atoms with van der Waals surface area (Å²) in [6, 6.07) is 9.71. The van der Waals surface area contributed by atoms with E-state index in [1.807, 2.05) is 18.2 Å². The van der Waals surface area contributed by atoms with Gasteiger partial charge in [-0.05, 0) is 42.3 Å². The number of hydrogen-bond donors (Lipinski definition) is 3. The van der Waals surface area contributed by atoms with Gasteiger partial charge in [-0.15, -0.1) is 0 Å². The predicted molar refractivity (Wildman–Crippen MR) is 90.8 cm³/mol. The number of H-pyrrole nitrogens is 1. The molecule has 2 aromatic carbocycles. The Morgan fingerprint density at radius 2 is 2.22 bits per heavy atom. The monoisotopic (exact) mass is 326 g/mol. The fourth-order valence-electron chi connectivity index (χ4n) is 3.01. The number of fused-ring (bicyclic) bond motifs is 2. The molecule has 0 radical (unpaired) electrons. The molecule has 2 heterocycles. The number of benzene rings is 2. The highest BCUT2D eigenvalue weighted by Gasteiger charge is 2.19. The van der Waals surface area contributed by atoms with Gasteiger partial charge in [0.15, 0.2) is 0 Å². The summed E-state index contributed by atoms with van der Waals surface area (Å²) < 4.78 is 0. The zero-order valence-electron chi connectivity index (χ0n) is 12.5. The molecule has 1 amide bonds. The average Bonchev–Trinajstić information content (AvgIpc) is 3.13. The molecule has 0 saturated heterocycles. The van der Waals surface area contributed by atoms with Crippen LogP contribution in [0, 0.1) is 0 Å². The molecule has 0 fully saturated rings. The first-order valence-corrected chi connectivity index (χ1v) is 7.80. The van der Waals surface area contributed by atoms with Gasteiger partial charge >= 0.3 is 0 Å². The Morgan fingerprint density at radius 3 is 3.09 bits per heavy atom. The number of anilines is 1. The number of carbonyl (C=O) groups is 1. The third-order valence-corrected chi connectivity index (χ3v) is 4.46. The Morgan fingerprint density at radius 1 is 1.35 bits per heavy atom. The highest BCUT2D eigenvalue weighted by atomic mass is 35.5. The SMILES string of the molecule is C[C@H]1NCc2ccc(NC(=O)c3cc(Cl)cc4[nH]ncc34)cc21. The third kappa shape index (κ3) is 2.48. The Bertz CT molecular complexity index is 918. The molecule has 0 aliphatic carbocycles. The maximum Gasteiger partial charge on any atom is 0.256 e. The molecule has 1 atom stereocenters. The molecule has 3 N–H and O–H groups in total. The summed E-state index contributed by atoms with van der Waals surface area (Å²) >= 11 is 6.09. The maximum atomic E-state index is 12.6. The van der Waals surface area contributed by atoms with Crippen LogP contribution in [0.1, 0.15) is 34.5 Å². The van der Waals surface area contributed by atoms with Gasteiger partial charge in [0.25, 0.3) is 5.91 Å². The van der Waals surface area contributed by atoms with Crippen LogP contribution in [-0.2, 0) is 6.54 Å². The molecule has 3 aromatic rings. The van der Waals surface area contributed by atoms with Gasteiger partial charge in [0.05, 0.1) is 17.3 Å². The molecule has 6 heteroatoms. The van der Waals surface area contributed by atoms with E-state index in [2.05, 4.69) is 27.8 Å². The number of carbonyl (C=O) groups excluding carboxylic acids is 1. The molecule has 1 aliphatic rings. The summed E-state index contributed by atoms with van der Waals surface area (Å²) in [6.45, 7) is 2.98. The van der Waals surface area contributed by atoms with Crippen molar-refractivity contribution in [3.63, 3.8) is 0 Å². The lowest BCUT2D eigenvalue weighted by atomic mass is 10.0. The minimum Gasteiger partial charge on any atom is -0.322 e. The molecule has 116 valence electrons. The Balaban J connectivity index is 1.67. The van der Waals surface area contributed by atoms with Crippen molar-refractivity contribution in [3.8, 4) is 0 Å². The van der Waals surface area contributed by atoms with Crippen LogP contribution >= 0.6 is 11.6 Å². The van der Waals surface area contributed by atoms with E-state index in [-0.39, 0.29) is 5.91 Å². The number of aromatic amines is 1. The molecule has 1 aromatic heterocycles. The normalized spacial score (nSPS) is 16.5. The Kier molecular flexibility index (Phi) is 3.32. The first kappa shape index (κ1) is 14.2. The van der Waals surface area contributed by atoms with Gasteiger partial charge in [0, 0.05) is 28.7 Å². The van der Waals surface area contributed by atoms with E-state index in [1.165, 1.54) is 11.1 Å². The number of hydrogen-bond acceptors (Lipinski definition) is 3. The molecule has 5 nitrogen and oxygen atoms in total. The summed E-state index contributed by atoms with van der Waals surface area (Å²) in [4.78, 5) is 12.6.